The highest BCUT2D eigenvalue weighted by Crippen LogP contribution is 2.36. The highest BCUT2D eigenvalue weighted by Gasteiger charge is 2.17. The van der Waals surface area contributed by atoms with Crippen molar-refractivity contribution < 1.29 is 14.6 Å². The average molecular weight is 285 g/mol. The molecule has 1 N–H and O–H groups in total. The zero-order valence-corrected chi connectivity index (χ0v) is 11.6. The summed E-state index contributed by atoms with van der Waals surface area (Å²) in [5.74, 6) is 1.22. The summed E-state index contributed by atoms with van der Waals surface area (Å²) < 4.78 is 10.4. The van der Waals surface area contributed by atoms with Crippen molar-refractivity contribution in [2.75, 3.05) is 14.2 Å². The Morgan fingerprint density at radius 2 is 1.89 bits per heavy atom. The molecule has 1 unspecified atom stereocenters. The van der Waals surface area contributed by atoms with Gasteiger partial charge in [0.25, 0.3) is 0 Å². The predicted molar refractivity (Wildman–Crippen MR) is 72.9 cm³/mol. The van der Waals surface area contributed by atoms with Crippen molar-refractivity contribution in [1.82, 2.24) is 0 Å². The van der Waals surface area contributed by atoms with Crippen molar-refractivity contribution in [3.05, 3.63) is 45.1 Å². The summed E-state index contributed by atoms with van der Waals surface area (Å²) >= 11 is 7.43. The predicted octanol–water partition coefficient (Wildman–Crippen LogP) is 3.50. The van der Waals surface area contributed by atoms with E-state index in [-0.39, 0.29) is 0 Å². The first-order valence-corrected chi connectivity index (χ1v) is 6.56. The van der Waals surface area contributed by atoms with E-state index in [0.717, 1.165) is 10.4 Å². The molecule has 2 rings (SSSR count). The highest BCUT2D eigenvalue weighted by molar-refractivity contribution is 7.10. The van der Waals surface area contributed by atoms with Crippen molar-refractivity contribution in [3.8, 4) is 11.5 Å². The lowest BCUT2D eigenvalue weighted by Crippen LogP contribution is -1.99. The van der Waals surface area contributed by atoms with Gasteiger partial charge in [0.1, 0.15) is 6.10 Å². The summed E-state index contributed by atoms with van der Waals surface area (Å²) in [6.45, 7) is 0. The number of hydrogen-bond donors (Lipinski definition) is 1. The minimum Gasteiger partial charge on any atom is -0.493 e. The van der Waals surface area contributed by atoms with Crippen LogP contribution in [0.4, 0.5) is 0 Å². The van der Waals surface area contributed by atoms with Crippen molar-refractivity contribution >= 4 is 22.9 Å². The third-order valence-corrected chi connectivity index (χ3v) is 4.03. The third-order valence-electron chi connectivity index (χ3n) is 2.62. The average Bonchev–Trinajstić information content (AvgIpc) is 2.83. The first-order chi connectivity index (χ1) is 8.67. The van der Waals surface area contributed by atoms with Gasteiger partial charge in [0.2, 0.25) is 0 Å². The molecule has 5 heteroatoms. The van der Waals surface area contributed by atoms with Crippen LogP contribution < -0.4 is 9.47 Å². The quantitative estimate of drug-likeness (QED) is 0.934. The molecule has 0 amide bonds. The van der Waals surface area contributed by atoms with Crippen molar-refractivity contribution in [2.45, 2.75) is 6.10 Å². The zero-order chi connectivity index (χ0) is 13.1. The molecule has 3 nitrogen and oxygen atoms in total. The van der Waals surface area contributed by atoms with E-state index in [9.17, 15) is 5.11 Å². The van der Waals surface area contributed by atoms with E-state index >= 15 is 0 Å². The molecule has 96 valence electrons. The van der Waals surface area contributed by atoms with Gasteiger partial charge in [-0.1, -0.05) is 17.7 Å². The van der Waals surface area contributed by atoms with Gasteiger partial charge >= 0.3 is 0 Å². The number of aliphatic hydroxyl groups excluding tert-OH is 1. The lowest BCUT2D eigenvalue weighted by molar-refractivity contribution is 0.223. The number of methoxy groups -OCH3 is 2. The van der Waals surface area contributed by atoms with Crippen LogP contribution in [0.1, 0.15) is 16.5 Å². The second-order valence-electron chi connectivity index (χ2n) is 3.65. The Labute approximate surface area is 115 Å². The molecule has 0 saturated carbocycles. The van der Waals surface area contributed by atoms with Gasteiger partial charge in [0, 0.05) is 0 Å². The van der Waals surface area contributed by atoms with Crippen LogP contribution in [-0.4, -0.2) is 19.3 Å². The lowest BCUT2D eigenvalue weighted by Gasteiger charge is -2.13. The minimum atomic E-state index is -0.752. The zero-order valence-electron chi connectivity index (χ0n) is 10.0. The van der Waals surface area contributed by atoms with Crippen molar-refractivity contribution in [3.63, 3.8) is 0 Å². The molecule has 0 aliphatic carbocycles. The van der Waals surface area contributed by atoms with E-state index in [2.05, 4.69) is 0 Å². The number of ether oxygens (including phenoxy) is 2. The van der Waals surface area contributed by atoms with Crippen LogP contribution in [0.25, 0.3) is 0 Å². The molecule has 1 atom stereocenters. The number of rotatable bonds is 4. The van der Waals surface area contributed by atoms with Crippen LogP contribution in [0.15, 0.2) is 29.6 Å². The van der Waals surface area contributed by atoms with E-state index in [1.165, 1.54) is 11.3 Å². The summed E-state index contributed by atoms with van der Waals surface area (Å²) in [5.41, 5.74) is 0.719. The van der Waals surface area contributed by atoms with Gasteiger partial charge in [-0.15, -0.1) is 11.3 Å². The molecule has 0 spiro atoms. The van der Waals surface area contributed by atoms with Crippen LogP contribution in [0.2, 0.25) is 5.02 Å². The number of hydrogen-bond acceptors (Lipinski definition) is 4. The second-order valence-corrected chi connectivity index (χ2v) is 5.00. The smallest absolute Gasteiger partial charge is 0.161 e. The maximum absolute atomic E-state index is 10.3. The van der Waals surface area contributed by atoms with Crippen LogP contribution in [-0.2, 0) is 0 Å². The van der Waals surface area contributed by atoms with Crippen LogP contribution in [0.5, 0.6) is 11.5 Å². The van der Waals surface area contributed by atoms with Gasteiger partial charge < -0.3 is 14.6 Å². The Kier molecular flexibility index (Phi) is 4.11. The van der Waals surface area contributed by atoms with Gasteiger partial charge in [-0.2, -0.15) is 0 Å². The SMILES string of the molecule is COc1ccc(C(O)c2sccc2Cl)cc1OC. The molecule has 1 heterocycles. The van der Waals surface area contributed by atoms with Crippen LogP contribution in [0.3, 0.4) is 0 Å². The molecule has 0 radical (unpaired) electrons. The first kappa shape index (κ1) is 13.2. The van der Waals surface area contributed by atoms with E-state index in [1.807, 2.05) is 5.38 Å². The van der Waals surface area contributed by atoms with E-state index in [0.29, 0.717) is 16.5 Å². The molecule has 0 fully saturated rings. The summed E-state index contributed by atoms with van der Waals surface area (Å²) in [7, 11) is 3.14. The molecule has 1 aromatic carbocycles. The van der Waals surface area contributed by atoms with Gasteiger partial charge in [-0.3, -0.25) is 0 Å². The Bertz CT molecular complexity index is 539. The minimum absolute atomic E-state index is 0.572. The summed E-state index contributed by atoms with van der Waals surface area (Å²) in [6.07, 6.45) is -0.752. The van der Waals surface area contributed by atoms with Gasteiger partial charge in [-0.25, -0.2) is 0 Å². The number of aliphatic hydroxyl groups is 1. The molecule has 1 aromatic heterocycles. The Hall–Kier alpha value is -1.23. The fraction of sp³-hybridized carbons (Fsp3) is 0.231. The summed E-state index contributed by atoms with van der Waals surface area (Å²) in [6, 6.07) is 7.08. The molecule has 18 heavy (non-hydrogen) atoms. The number of halogens is 1. The Balaban J connectivity index is 2.37. The molecule has 0 aliphatic rings. The third kappa shape index (κ3) is 2.46. The van der Waals surface area contributed by atoms with Crippen LogP contribution in [0, 0.1) is 0 Å². The monoisotopic (exact) mass is 284 g/mol. The van der Waals surface area contributed by atoms with Crippen LogP contribution >= 0.6 is 22.9 Å². The standard InChI is InChI=1S/C13H13ClO3S/c1-16-10-4-3-8(7-11(10)17-2)12(15)13-9(14)5-6-18-13/h3-7,12,15H,1-2H3. The highest BCUT2D eigenvalue weighted by atomic mass is 35.5. The maximum atomic E-state index is 10.3. The molecule has 0 bridgehead atoms. The topological polar surface area (TPSA) is 38.7 Å². The lowest BCUT2D eigenvalue weighted by atomic mass is 10.1. The van der Waals surface area contributed by atoms with Gasteiger partial charge in [-0.05, 0) is 29.1 Å². The summed E-state index contributed by atoms with van der Waals surface area (Å²) in [4.78, 5) is 0.726. The molecular weight excluding hydrogens is 272 g/mol. The normalized spacial score (nSPS) is 12.2. The summed E-state index contributed by atoms with van der Waals surface area (Å²) in [5, 5.41) is 12.7. The Morgan fingerprint density at radius 1 is 1.17 bits per heavy atom. The fourth-order valence-electron chi connectivity index (χ4n) is 1.67. The maximum Gasteiger partial charge on any atom is 0.161 e. The Morgan fingerprint density at radius 3 is 2.44 bits per heavy atom. The van der Waals surface area contributed by atoms with E-state index < -0.39 is 6.10 Å². The van der Waals surface area contributed by atoms with E-state index in [4.69, 9.17) is 21.1 Å². The molecule has 0 aliphatic heterocycles. The molecular formula is C13H13ClO3S. The van der Waals surface area contributed by atoms with E-state index in [1.54, 1.807) is 38.5 Å². The number of thiophene rings is 1. The van der Waals surface area contributed by atoms with Crippen molar-refractivity contribution in [1.29, 1.82) is 0 Å². The largest absolute Gasteiger partial charge is 0.493 e. The van der Waals surface area contributed by atoms with Crippen molar-refractivity contribution in [2.24, 2.45) is 0 Å². The van der Waals surface area contributed by atoms with Gasteiger partial charge in [0.05, 0.1) is 24.1 Å². The fourth-order valence-corrected chi connectivity index (χ4v) is 2.85. The second kappa shape index (κ2) is 5.61. The molecule has 2 aromatic rings. The first-order valence-electron chi connectivity index (χ1n) is 5.30. The van der Waals surface area contributed by atoms with Gasteiger partial charge in [0.15, 0.2) is 11.5 Å². The molecule has 0 saturated heterocycles. The number of benzene rings is 1.